The SMILES string of the molecule is CCOC(=O)C[C@H](N)c1c(F)c(C)cc(-c2c(C)cc(C(F)(F)F)cc2C)c1F.CCOC(=O)C[C@H](NC(=O)C(CC(C)C)n1cc(CCN2CCC2)c(C)cc1=O)c1c(F)c(C)cc(-c2c(C)cc(C(F)(F)F)cc2C)c1F.Cc1cc(=O)n(C(CC(C)C)C(=O)O)cc1CCN1CCC1.S.S. The first-order valence-electron chi connectivity index (χ1n) is 34.0. The van der Waals surface area contributed by atoms with E-state index in [0.717, 1.165) is 98.6 Å². The summed E-state index contributed by atoms with van der Waals surface area (Å²) in [6.07, 6.45) is -2.22. The van der Waals surface area contributed by atoms with Gasteiger partial charge in [0.25, 0.3) is 11.1 Å². The standard InChI is InChI=1S/C38H46F5N3O4.C21H22F5NO2.C17H26N2O3.2H2S/c1-8-50-32(48)19-29(34-35(39)25(7)17-28(36(34)40)33-23(5)15-27(16-24(33)6)38(41,42)43)44-37(49)30(14-21(2)3)46-20-26(22(4)18-31(46)47)10-13-45-11-9-12-45;1-5-29-16(28)9-15(27)18-19(22)12(4)8-14(20(18)23)17-10(2)6-13(7-11(17)3)21(24,25)26;1-12(2)9-15(17(21)22)19-11-14(13(3)10-16(19)20)5-8-18-6-4-7-18;;/h15-18,20-21,29-30H,8-14,19H2,1-7H3,(H,44,49);6-8,15H,5,9,27H2,1-4H3;10-12,15H,4-9H2,1-3H3,(H,21,22);2*1H2/t29-,30?;15-;;;/m00.../s1. The number of ether oxygens (including phenoxy) is 2. The van der Waals surface area contributed by atoms with E-state index >= 15 is 13.2 Å². The highest BCUT2D eigenvalue weighted by Crippen LogP contribution is 2.42. The number of hydrogen-bond acceptors (Lipinski definition) is 11. The van der Waals surface area contributed by atoms with Crippen molar-refractivity contribution in [3.8, 4) is 22.3 Å². The summed E-state index contributed by atoms with van der Waals surface area (Å²) in [5.74, 6) is -7.10. The molecule has 8 rings (SSSR count). The summed E-state index contributed by atoms with van der Waals surface area (Å²) in [6, 6.07) is 4.36. The van der Waals surface area contributed by atoms with Crippen LogP contribution in [0.2, 0.25) is 0 Å². The van der Waals surface area contributed by atoms with Crippen LogP contribution >= 0.6 is 27.0 Å². The van der Waals surface area contributed by atoms with Crippen LogP contribution < -0.4 is 22.2 Å². The number of amides is 1. The molecule has 4 N–H and O–H groups in total. The average Bonchev–Trinajstić information content (AvgIpc) is 0.768. The van der Waals surface area contributed by atoms with Crippen molar-refractivity contribution < 1.29 is 77.7 Å². The summed E-state index contributed by atoms with van der Waals surface area (Å²) >= 11 is 0. The molecule has 0 saturated carbocycles. The van der Waals surface area contributed by atoms with Gasteiger partial charge in [-0.2, -0.15) is 53.3 Å². The average molecular weight is 1490 g/mol. The Labute approximate surface area is 609 Å². The minimum absolute atomic E-state index is 0. The first-order valence-corrected chi connectivity index (χ1v) is 34.0. The van der Waals surface area contributed by atoms with Crippen molar-refractivity contribution in [1.29, 1.82) is 0 Å². The second-order valence-electron chi connectivity index (χ2n) is 27.2. The Hall–Kier alpha value is -7.46. The van der Waals surface area contributed by atoms with Crippen LogP contribution in [0.3, 0.4) is 0 Å². The Kier molecular flexibility index (Phi) is 32.4. The minimum atomic E-state index is -4.63. The number of likely N-dealkylation sites (tertiary alicyclic amines) is 2. The van der Waals surface area contributed by atoms with Crippen molar-refractivity contribution in [2.45, 2.75) is 185 Å². The molecule has 4 aromatic carbocycles. The number of carboxylic acids is 1. The number of nitrogens with one attached hydrogen (secondary N) is 1. The smallest absolute Gasteiger partial charge is 0.416 e. The van der Waals surface area contributed by atoms with Gasteiger partial charge in [0.15, 0.2) is 0 Å². The van der Waals surface area contributed by atoms with E-state index in [4.69, 9.17) is 15.2 Å². The first kappa shape index (κ1) is 87.9. The van der Waals surface area contributed by atoms with Gasteiger partial charge in [-0.1, -0.05) is 27.7 Å². The van der Waals surface area contributed by atoms with Gasteiger partial charge in [-0.3, -0.25) is 24.0 Å². The molecule has 0 radical (unpaired) electrons. The minimum Gasteiger partial charge on any atom is -0.480 e. The molecule has 2 aliphatic rings. The zero-order valence-corrected chi connectivity index (χ0v) is 62.9. The highest BCUT2D eigenvalue weighted by atomic mass is 32.1. The van der Waals surface area contributed by atoms with Gasteiger partial charge in [0, 0.05) is 65.9 Å². The Balaban J connectivity index is 0.000000358. The summed E-state index contributed by atoms with van der Waals surface area (Å²) in [6.45, 7) is 29.2. The van der Waals surface area contributed by atoms with E-state index < -0.39 is 124 Å². The molecule has 568 valence electrons. The van der Waals surface area contributed by atoms with Crippen molar-refractivity contribution in [2.24, 2.45) is 17.6 Å². The fraction of sp³-hybridized carbons (Fsp3) is 0.500. The van der Waals surface area contributed by atoms with E-state index in [9.17, 15) is 64.6 Å². The number of aromatic nitrogens is 2. The quantitative estimate of drug-likeness (QED) is 0.0363. The molecule has 103 heavy (non-hydrogen) atoms. The van der Waals surface area contributed by atoms with Gasteiger partial charge >= 0.3 is 30.3 Å². The Morgan fingerprint density at radius 3 is 1.23 bits per heavy atom. The number of esters is 2. The molecule has 0 bridgehead atoms. The molecule has 1 amide bonds. The van der Waals surface area contributed by atoms with Crippen molar-refractivity contribution in [1.82, 2.24) is 24.3 Å². The number of carboxylic acid groups (broad SMARTS) is 1. The molecule has 4 heterocycles. The Morgan fingerprint density at radius 1 is 0.524 bits per heavy atom. The number of pyridine rings is 2. The van der Waals surface area contributed by atoms with Gasteiger partial charge in [-0.25, -0.2) is 22.4 Å². The molecule has 0 spiro atoms. The van der Waals surface area contributed by atoms with E-state index in [1.54, 1.807) is 32.3 Å². The van der Waals surface area contributed by atoms with Crippen LogP contribution in [-0.2, 0) is 53.8 Å². The summed E-state index contributed by atoms with van der Waals surface area (Å²) in [5.41, 5.74) is 6.79. The van der Waals surface area contributed by atoms with E-state index in [0.29, 0.717) is 12.8 Å². The molecule has 4 atom stereocenters. The van der Waals surface area contributed by atoms with E-state index in [1.807, 2.05) is 41.5 Å². The molecule has 0 aliphatic carbocycles. The molecule has 27 heteroatoms. The fourth-order valence-corrected chi connectivity index (χ4v) is 12.8. The summed E-state index contributed by atoms with van der Waals surface area (Å²) in [5, 5.41) is 12.1. The number of benzene rings is 4. The van der Waals surface area contributed by atoms with Crippen LogP contribution in [0, 0.1) is 90.5 Å². The number of halogens is 10. The largest absolute Gasteiger partial charge is 0.480 e. The second-order valence-corrected chi connectivity index (χ2v) is 27.2. The van der Waals surface area contributed by atoms with Crippen LogP contribution in [0.15, 0.2) is 70.5 Å². The van der Waals surface area contributed by atoms with Crippen molar-refractivity contribution in [3.63, 3.8) is 0 Å². The number of hydrogen-bond donors (Lipinski definition) is 3. The molecule has 15 nitrogen and oxygen atoms in total. The molecule has 2 saturated heterocycles. The third kappa shape index (κ3) is 22.8. The number of rotatable bonds is 25. The zero-order chi connectivity index (χ0) is 75.4. The fourth-order valence-electron chi connectivity index (χ4n) is 12.8. The highest BCUT2D eigenvalue weighted by Gasteiger charge is 2.37. The van der Waals surface area contributed by atoms with E-state index in [1.165, 1.54) is 75.3 Å². The number of carbonyl (C=O) groups excluding carboxylic acids is 3. The van der Waals surface area contributed by atoms with Crippen LogP contribution in [-0.4, -0.2) is 100 Å². The highest BCUT2D eigenvalue weighted by molar-refractivity contribution is 7.59. The second kappa shape index (κ2) is 38.0. The molecular formula is C76H98F10N6O9S2. The summed E-state index contributed by atoms with van der Waals surface area (Å²) < 4.78 is 155. The zero-order valence-electron chi connectivity index (χ0n) is 60.9. The number of carbonyl (C=O) groups is 4. The molecule has 2 fully saturated rings. The van der Waals surface area contributed by atoms with Crippen LogP contribution in [0.5, 0.6) is 0 Å². The number of nitrogens with two attached hydrogens (primary N) is 1. The lowest BCUT2D eigenvalue weighted by atomic mass is 9.88. The maximum absolute atomic E-state index is 16.7. The van der Waals surface area contributed by atoms with Gasteiger partial charge in [0.1, 0.15) is 35.4 Å². The van der Waals surface area contributed by atoms with Crippen molar-refractivity contribution in [2.75, 3.05) is 52.5 Å². The van der Waals surface area contributed by atoms with Crippen molar-refractivity contribution in [3.05, 3.63) is 183 Å². The van der Waals surface area contributed by atoms with Gasteiger partial charge < -0.3 is 44.6 Å². The molecule has 2 aliphatic heterocycles. The lowest BCUT2D eigenvalue weighted by molar-refractivity contribution is -0.144. The van der Waals surface area contributed by atoms with Gasteiger partial charge in [0.2, 0.25) is 5.91 Å². The Bertz CT molecular complexity index is 4070. The number of aliphatic carboxylic acids is 1. The maximum atomic E-state index is 16.7. The molecule has 6 aromatic rings. The van der Waals surface area contributed by atoms with Crippen molar-refractivity contribution >= 4 is 50.8 Å². The lowest BCUT2D eigenvalue weighted by Crippen LogP contribution is -2.41. The number of nitrogens with zero attached hydrogens (tertiary/aromatic N) is 4. The van der Waals surface area contributed by atoms with E-state index in [-0.39, 0.29) is 120 Å². The third-order valence-corrected chi connectivity index (χ3v) is 18.2. The van der Waals surface area contributed by atoms with Crippen LogP contribution in [0.1, 0.15) is 182 Å². The predicted octanol–water partition coefficient (Wildman–Crippen LogP) is 15.5. The van der Waals surface area contributed by atoms with Gasteiger partial charge in [0.05, 0.1) is 43.2 Å². The van der Waals surface area contributed by atoms with Gasteiger partial charge in [-0.15, -0.1) is 0 Å². The topological polar surface area (TPSA) is 196 Å². The predicted molar refractivity (Wildman–Crippen MR) is 388 cm³/mol. The third-order valence-electron chi connectivity index (χ3n) is 18.2. The number of alkyl halides is 6. The maximum Gasteiger partial charge on any atom is 0.416 e. The monoisotopic (exact) mass is 1490 g/mol. The van der Waals surface area contributed by atoms with Crippen LogP contribution in [0.4, 0.5) is 43.9 Å². The Morgan fingerprint density at radius 2 is 0.883 bits per heavy atom. The first-order chi connectivity index (χ1) is 47.2. The summed E-state index contributed by atoms with van der Waals surface area (Å²) in [4.78, 5) is 80.5. The van der Waals surface area contributed by atoms with Crippen LogP contribution in [0.25, 0.3) is 22.3 Å². The van der Waals surface area contributed by atoms with Gasteiger partial charge in [-0.05, 0) is 249 Å². The summed E-state index contributed by atoms with van der Waals surface area (Å²) in [7, 11) is 0. The molecule has 2 aromatic heterocycles. The normalized spacial score (nSPS) is 14.3. The lowest BCUT2D eigenvalue weighted by Gasteiger charge is -2.31. The molecule has 2 unspecified atom stereocenters. The molecular weight excluding hydrogens is 1390 g/mol. The number of aryl methyl sites for hydroxylation is 8. The van der Waals surface area contributed by atoms with E-state index in [2.05, 4.69) is 15.1 Å².